The summed E-state index contributed by atoms with van der Waals surface area (Å²) in [6, 6.07) is 14.7. The zero-order valence-corrected chi connectivity index (χ0v) is 16.4. The van der Waals surface area contributed by atoms with E-state index >= 15 is 0 Å². The number of nitrogens with zero attached hydrogens (tertiary/aromatic N) is 2. The summed E-state index contributed by atoms with van der Waals surface area (Å²) in [5, 5.41) is 0. The van der Waals surface area contributed by atoms with Gasteiger partial charge in [-0.2, -0.15) is 0 Å². The van der Waals surface area contributed by atoms with E-state index < -0.39 is 0 Å². The van der Waals surface area contributed by atoms with Gasteiger partial charge in [0.25, 0.3) is 5.91 Å². The molecule has 28 heavy (non-hydrogen) atoms. The Morgan fingerprint density at radius 1 is 0.857 bits per heavy atom. The van der Waals surface area contributed by atoms with Crippen LogP contribution in [0.5, 0.6) is 11.5 Å². The van der Waals surface area contributed by atoms with Crippen molar-refractivity contribution < 1.29 is 19.1 Å². The van der Waals surface area contributed by atoms with Crippen LogP contribution in [0.15, 0.2) is 48.5 Å². The van der Waals surface area contributed by atoms with Gasteiger partial charge in [0.05, 0.1) is 20.1 Å². The minimum Gasteiger partial charge on any atom is -0.497 e. The number of hydrogen-bond donors (Lipinski definition) is 0. The molecule has 3 rings (SSSR count). The molecule has 0 radical (unpaired) electrons. The quantitative estimate of drug-likeness (QED) is 0.771. The molecule has 1 aliphatic heterocycles. The highest BCUT2D eigenvalue weighted by Crippen LogP contribution is 2.16. The van der Waals surface area contributed by atoms with Crippen molar-refractivity contribution in [2.75, 3.05) is 39.9 Å². The molecule has 0 N–H and O–H groups in total. The van der Waals surface area contributed by atoms with E-state index in [-0.39, 0.29) is 11.8 Å². The van der Waals surface area contributed by atoms with Gasteiger partial charge < -0.3 is 19.3 Å². The maximum absolute atomic E-state index is 12.7. The first-order chi connectivity index (χ1) is 13.6. The van der Waals surface area contributed by atoms with E-state index in [1.54, 1.807) is 24.1 Å². The zero-order chi connectivity index (χ0) is 19.9. The lowest BCUT2D eigenvalue weighted by Crippen LogP contribution is -2.51. The predicted octanol–water partition coefficient (Wildman–Crippen LogP) is 2.62. The number of carbonyl (C=O) groups is 2. The molecule has 0 spiro atoms. The Labute approximate surface area is 165 Å². The van der Waals surface area contributed by atoms with Crippen molar-refractivity contribution in [2.45, 2.75) is 13.3 Å². The minimum absolute atomic E-state index is 0.00898. The maximum atomic E-state index is 12.7. The lowest BCUT2D eigenvalue weighted by Gasteiger charge is -2.35. The van der Waals surface area contributed by atoms with Crippen molar-refractivity contribution >= 4 is 11.8 Å². The normalized spacial score (nSPS) is 13.9. The van der Waals surface area contributed by atoms with Crippen molar-refractivity contribution in [1.29, 1.82) is 0 Å². The predicted molar refractivity (Wildman–Crippen MR) is 107 cm³/mol. The maximum Gasteiger partial charge on any atom is 0.253 e. The van der Waals surface area contributed by atoms with E-state index in [2.05, 4.69) is 0 Å². The molecule has 0 aromatic heterocycles. The first-order valence-electron chi connectivity index (χ1n) is 9.53. The van der Waals surface area contributed by atoms with E-state index in [1.165, 1.54) is 0 Å². The molecule has 2 aromatic carbocycles. The molecule has 0 unspecified atom stereocenters. The van der Waals surface area contributed by atoms with Crippen molar-refractivity contribution in [2.24, 2.45) is 0 Å². The Bertz CT molecular complexity index is 794. The van der Waals surface area contributed by atoms with Gasteiger partial charge >= 0.3 is 0 Å². The third-order valence-electron chi connectivity index (χ3n) is 4.85. The summed E-state index contributed by atoms with van der Waals surface area (Å²) in [5.74, 6) is 1.61. The van der Waals surface area contributed by atoms with Gasteiger partial charge in [-0.25, -0.2) is 0 Å². The molecule has 0 saturated carbocycles. The second-order valence-corrected chi connectivity index (χ2v) is 6.66. The van der Waals surface area contributed by atoms with Gasteiger partial charge in [-0.3, -0.25) is 9.59 Å². The number of carbonyl (C=O) groups excluding carboxylic acids is 2. The van der Waals surface area contributed by atoms with E-state index in [1.807, 2.05) is 48.2 Å². The topological polar surface area (TPSA) is 59.1 Å². The molecule has 2 amide bonds. The molecule has 1 heterocycles. The molecule has 1 fully saturated rings. The largest absolute Gasteiger partial charge is 0.497 e. The summed E-state index contributed by atoms with van der Waals surface area (Å²) in [6.45, 7) is 4.71. The van der Waals surface area contributed by atoms with Gasteiger partial charge in [0, 0.05) is 31.7 Å². The Balaban J connectivity index is 1.51. The van der Waals surface area contributed by atoms with Crippen LogP contribution in [0.4, 0.5) is 0 Å². The Kier molecular flexibility index (Phi) is 6.53. The molecule has 2 aromatic rings. The van der Waals surface area contributed by atoms with Crippen LogP contribution in [-0.4, -0.2) is 61.5 Å². The van der Waals surface area contributed by atoms with Crippen LogP contribution < -0.4 is 9.47 Å². The van der Waals surface area contributed by atoms with Crippen LogP contribution in [-0.2, 0) is 11.2 Å². The van der Waals surface area contributed by atoms with Gasteiger partial charge in [0.2, 0.25) is 5.91 Å². The van der Waals surface area contributed by atoms with Crippen LogP contribution in [0.2, 0.25) is 0 Å². The third kappa shape index (κ3) is 4.82. The highest BCUT2D eigenvalue weighted by molar-refractivity contribution is 5.94. The number of methoxy groups -OCH3 is 1. The summed E-state index contributed by atoms with van der Waals surface area (Å²) in [6.07, 6.45) is 0.358. The van der Waals surface area contributed by atoms with E-state index in [4.69, 9.17) is 9.47 Å². The zero-order valence-electron chi connectivity index (χ0n) is 16.4. The van der Waals surface area contributed by atoms with Gasteiger partial charge in [-0.15, -0.1) is 0 Å². The van der Waals surface area contributed by atoms with Crippen LogP contribution in [0.3, 0.4) is 0 Å². The molecule has 6 heteroatoms. The lowest BCUT2D eigenvalue weighted by molar-refractivity contribution is -0.131. The monoisotopic (exact) mass is 382 g/mol. The van der Waals surface area contributed by atoms with E-state index in [0.717, 1.165) is 17.1 Å². The number of amides is 2. The van der Waals surface area contributed by atoms with E-state index in [0.29, 0.717) is 44.8 Å². The molecular formula is C22H26N2O4. The fraction of sp³-hybridized carbons (Fsp3) is 0.364. The summed E-state index contributed by atoms with van der Waals surface area (Å²) < 4.78 is 10.6. The fourth-order valence-electron chi connectivity index (χ4n) is 3.23. The summed E-state index contributed by atoms with van der Waals surface area (Å²) in [5.41, 5.74) is 1.60. The first kappa shape index (κ1) is 19.7. The average Bonchev–Trinajstić information content (AvgIpc) is 2.74. The van der Waals surface area contributed by atoms with Gasteiger partial charge in [0.15, 0.2) is 0 Å². The van der Waals surface area contributed by atoms with Crippen molar-refractivity contribution in [3.8, 4) is 11.5 Å². The summed E-state index contributed by atoms with van der Waals surface area (Å²) in [4.78, 5) is 28.8. The number of piperazine rings is 1. The van der Waals surface area contributed by atoms with Crippen molar-refractivity contribution in [1.82, 2.24) is 9.80 Å². The minimum atomic E-state index is -0.00898. The smallest absolute Gasteiger partial charge is 0.253 e. The molecule has 1 saturated heterocycles. The molecular weight excluding hydrogens is 356 g/mol. The standard InChI is InChI=1S/C22H26N2O4/c1-3-28-20-10-6-18(7-11-20)22(26)24-14-12-23(13-15-24)21(25)16-17-4-8-19(27-2)9-5-17/h4-11H,3,12-16H2,1-2H3. The Morgan fingerprint density at radius 2 is 1.43 bits per heavy atom. The van der Waals surface area contributed by atoms with Crippen LogP contribution in [0, 0.1) is 0 Å². The number of hydrogen-bond acceptors (Lipinski definition) is 4. The Hall–Kier alpha value is -3.02. The van der Waals surface area contributed by atoms with Gasteiger partial charge in [-0.05, 0) is 48.9 Å². The number of ether oxygens (including phenoxy) is 2. The summed E-state index contributed by atoms with van der Waals surface area (Å²) >= 11 is 0. The van der Waals surface area contributed by atoms with Gasteiger partial charge in [-0.1, -0.05) is 12.1 Å². The van der Waals surface area contributed by atoms with Crippen molar-refractivity contribution in [3.05, 3.63) is 59.7 Å². The van der Waals surface area contributed by atoms with Crippen molar-refractivity contribution in [3.63, 3.8) is 0 Å². The molecule has 1 aliphatic rings. The van der Waals surface area contributed by atoms with Crippen LogP contribution in [0.1, 0.15) is 22.8 Å². The second-order valence-electron chi connectivity index (χ2n) is 6.66. The third-order valence-corrected chi connectivity index (χ3v) is 4.85. The summed E-state index contributed by atoms with van der Waals surface area (Å²) in [7, 11) is 1.62. The molecule has 0 bridgehead atoms. The van der Waals surface area contributed by atoms with Crippen LogP contribution >= 0.6 is 0 Å². The molecule has 0 aliphatic carbocycles. The van der Waals surface area contributed by atoms with E-state index in [9.17, 15) is 9.59 Å². The fourth-order valence-corrected chi connectivity index (χ4v) is 3.23. The SMILES string of the molecule is CCOc1ccc(C(=O)N2CCN(C(=O)Cc3ccc(OC)cc3)CC2)cc1. The first-order valence-corrected chi connectivity index (χ1v) is 9.53. The molecule has 6 nitrogen and oxygen atoms in total. The molecule has 148 valence electrons. The molecule has 0 atom stereocenters. The average molecular weight is 382 g/mol. The number of rotatable bonds is 6. The highest BCUT2D eigenvalue weighted by atomic mass is 16.5. The highest BCUT2D eigenvalue weighted by Gasteiger charge is 2.24. The number of benzene rings is 2. The Morgan fingerprint density at radius 3 is 2.00 bits per heavy atom. The second kappa shape index (κ2) is 9.26. The van der Waals surface area contributed by atoms with Crippen LogP contribution in [0.25, 0.3) is 0 Å². The van der Waals surface area contributed by atoms with Gasteiger partial charge in [0.1, 0.15) is 11.5 Å². The lowest BCUT2D eigenvalue weighted by atomic mass is 10.1.